The smallest absolute Gasteiger partial charge is 0.308 e. The van der Waals surface area contributed by atoms with Crippen molar-refractivity contribution < 1.29 is 17.6 Å². The van der Waals surface area contributed by atoms with Gasteiger partial charge in [-0.25, -0.2) is 12.8 Å². The molecule has 0 spiro atoms. The monoisotopic (exact) mass is 463 g/mol. The number of halogens is 1. The first-order chi connectivity index (χ1) is 14.8. The molecule has 0 bridgehead atoms. The fourth-order valence-electron chi connectivity index (χ4n) is 3.80. The van der Waals surface area contributed by atoms with E-state index in [1.165, 1.54) is 16.4 Å². The first-order valence-electron chi connectivity index (χ1n) is 9.99. The number of rotatable bonds is 5. The third kappa shape index (κ3) is 4.28. The summed E-state index contributed by atoms with van der Waals surface area (Å²) in [4.78, 5) is 24.7. The molecule has 4 rings (SSSR count). The van der Waals surface area contributed by atoms with Crippen LogP contribution in [0.25, 0.3) is 10.2 Å². The zero-order valence-corrected chi connectivity index (χ0v) is 18.5. The molecule has 2 aromatic carbocycles. The minimum Gasteiger partial charge on any atom is -0.326 e. The predicted molar refractivity (Wildman–Crippen MR) is 118 cm³/mol. The molecule has 10 heteroatoms. The summed E-state index contributed by atoms with van der Waals surface area (Å²) in [7, 11) is -3.71. The summed E-state index contributed by atoms with van der Waals surface area (Å²) in [6.45, 7) is 2.94. The number of sulfonamides is 1. The molecule has 3 aromatic rings. The van der Waals surface area contributed by atoms with Crippen molar-refractivity contribution in [3.63, 3.8) is 0 Å². The van der Waals surface area contributed by atoms with Crippen LogP contribution in [0.4, 0.5) is 10.1 Å². The Morgan fingerprint density at radius 2 is 1.84 bits per heavy atom. The summed E-state index contributed by atoms with van der Waals surface area (Å²) in [6, 6.07) is 10.1. The lowest BCUT2D eigenvalue weighted by molar-refractivity contribution is -0.120. The van der Waals surface area contributed by atoms with Crippen LogP contribution in [0.2, 0.25) is 0 Å². The van der Waals surface area contributed by atoms with Gasteiger partial charge in [0.2, 0.25) is 15.9 Å². The molecule has 1 aliphatic heterocycles. The van der Waals surface area contributed by atoms with Crippen molar-refractivity contribution in [3.05, 3.63) is 57.9 Å². The molecular weight excluding hydrogens is 441 g/mol. The second-order valence-corrected chi connectivity index (χ2v) is 10.3. The Bertz CT molecular complexity index is 1270. The van der Waals surface area contributed by atoms with E-state index >= 15 is 0 Å². The number of carbonyl (C=O) groups excluding carboxylic acids is 1. The standard InChI is InChI=1S/C21H22FN3O4S2/c1-2-25-18-8-5-16(13-19(18)30-21(25)27)23-20(26)14-9-11-24(12-10-14)31(28,29)17-6-3-15(22)4-7-17/h3-8,13-14H,2,9-12H2,1H3,(H,23,26). The quantitative estimate of drug-likeness (QED) is 0.629. The lowest BCUT2D eigenvalue weighted by Crippen LogP contribution is -2.41. The van der Waals surface area contributed by atoms with Gasteiger partial charge in [0.05, 0.1) is 15.1 Å². The van der Waals surface area contributed by atoms with Gasteiger partial charge in [-0.1, -0.05) is 11.3 Å². The van der Waals surface area contributed by atoms with Crippen molar-refractivity contribution in [2.45, 2.75) is 31.2 Å². The Balaban J connectivity index is 1.41. The summed E-state index contributed by atoms with van der Waals surface area (Å²) >= 11 is 1.14. The maximum atomic E-state index is 13.1. The molecule has 1 aromatic heterocycles. The van der Waals surface area contributed by atoms with E-state index in [0.29, 0.717) is 25.1 Å². The molecule has 0 atom stereocenters. The van der Waals surface area contributed by atoms with Gasteiger partial charge in [-0.15, -0.1) is 0 Å². The highest BCUT2D eigenvalue weighted by Gasteiger charge is 2.32. The molecule has 1 aliphatic rings. The minimum absolute atomic E-state index is 0.0317. The van der Waals surface area contributed by atoms with Crippen LogP contribution in [0.15, 0.2) is 52.2 Å². The number of hydrogen-bond donors (Lipinski definition) is 1. The molecule has 7 nitrogen and oxygen atoms in total. The maximum Gasteiger partial charge on any atom is 0.308 e. The lowest BCUT2D eigenvalue weighted by Gasteiger charge is -2.30. The first-order valence-corrected chi connectivity index (χ1v) is 12.2. The number of nitrogens with zero attached hydrogens (tertiary/aromatic N) is 2. The molecule has 2 heterocycles. The molecule has 0 aliphatic carbocycles. The van der Waals surface area contributed by atoms with Gasteiger partial charge >= 0.3 is 4.87 Å². The van der Waals surface area contributed by atoms with Crippen molar-refractivity contribution >= 4 is 43.2 Å². The normalized spacial score (nSPS) is 15.9. The van der Waals surface area contributed by atoms with E-state index < -0.39 is 15.8 Å². The van der Waals surface area contributed by atoms with Crippen molar-refractivity contribution in [1.82, 2.24) is 8.87 Å². The molecule has 1 saturated heterocycles. The third-order valence-corrected chi connectivity index (χ3v) is 8.38. The van der Waals surface area contributed by atoms with Gasteiger partial charge in [-0.3, -0.25) is 14.2 Å². The number of nitrogens with one attached hydrogen (secondary N) is 1. The van der Waals surface area contributed by atoms with E-state index in [2.05, 4.69) is 5.32 Å². The van der Waals surface area contributed by atoms with Crippen LogP contribution in [0.1, 0.15) is 19.8 Å². The number of aryl methyl sites for hydroxylation is 1. The van der Waals surface area contributed by atoms with Gasteiger partial charge in [-0.2, -0.15) is 4.31 Å². The van der Waals surface area contributed by atoms with Gasteiger partial charge in [-0.05, 0) is 62.2 Å². The number of thiazole rings is 1. The second-order valence-electron chi connectivity index (χ2n) is 7.42. The highest BCUT2D eigenvalue weighted by atomic mass is 32.2. The first kappa shape index (κ1) is 21.7. The van der Waals surface area contributed by atoms with E-state index in [1.807, 2.05) is 13.0 Å². The Morgan fingerprint density at radius 3 is 2.48 bits per heavy atom. The summed E-state index contributed by atoms with van der Waals surface area (Å²) in [5.41, 5.74) is 1.46. The molecule has 164 valence electrons. The number of carbonyl (C=O) groups is 1. The molecule has 1 N–H and O–H groups in total. The van der Waals surface area contributed by atoms with Gasteiger partial charge in [0.15, 0.2) is 0 Å². The largest absolute Gasteiger partial charge is 0.326 e. The van der Waals surface area contributed by atoms with Crippen LogP contribution in [0.3, 0.4) is 0 Å². The number of amides is 1. The van der Waals surface area contributed by atoms with Crippen LogP contribution in [-0.4, -0.2) is 36.3 Å². The Morgan fingerprint density at radius 1 is 1.16 bits per heavy atom. The molecular formula is C21H22FN3O4S2. The van der Waals surface area contributed by atoms with E-state index in [1.54, 1.807) is 16.7 Å². The third-order valence-electron chi connectivity index (χ3n) is 5.53. The predicted octanol–water partition coefficient (Wildman–Crippen LogP) is 3.26. The molecule has 1 fully saturated rings. The number of aromatic nitrogens is 1. The van der Waals surface area contributed by atoms with Crippen LogP contribution in [0.5, 0.6) is 0 Å². The number of piperidine rings is 1. The fourth-order valence-corrected chi connectivity index (χ4v) is 6.27. The van der Waals surface area contributed by atoms with Crippen LogP contribution in [-0.2, 0) is 21.4 Å². The lowest BCUT2D eigenvalue weighted by atomic mass is 9.97. The van der Waals surface area contributed by atoms with E-state index in [9.17, 15) is 22.4 Å². The molecule has 0 unspecified atom stereocenters. The highest BCUT2D eigenvalue weighted by Crippen LogP contribution is 2.26. The Hall–Kier alpha value is -2.56. The molecule has 31 heavy (non-hydrogen) atoms. The van der Waals surface area contributed by atoms with Crippen molar-refractivity contribution in [3.8, 4) is 0 Å². The van der Waals surface area contributed by atoms with Crippen LogP contribution in [0, 0.1) is 11.7 Å². The summed E-state index contributed by atoms with van der Waals surface area (Å²) < 4.78 is 42.4. The average molecular weight is 464 g/mol. The molecule has 1 amide bonds. The molecule has 0 radical (unpaired) electrons. The topological polar surface area (TPSA) is 88.5 Å². The Labute approximate surface area is 183 Å². The SMILES string of the molecule is CCn1c(=O)sc2cc(NC(=O)C3CCN(S(=O)(=O)c4ccc(F)cc4)CC3)ccc21. The average Bonchev–Trinajstić information content (AvgIpc) is 3.08. The number of hydrogen-bond acceptors (Lipinski definition) is 5. The van der Waals surface area contributed by atoms with Gasteiger partial charge in [0, 0.05) is 31.2 Å². The van der Waals surface area contributed by atoms with Gasteiger partial charge in [0.1, 0.15) is 5.82 Å². The number of anilines is 1. The van der Waals surface area contributed by atoms with E-state index in [4.69, 9.17) is 0 Å². The summed E-state index contributed by atoms with van der Waals surface area (Å²) in [6.07, 6.45) is 0.794. The summed E-state index contributed by atoms with van der Waals surface area (Å²) in [5, 5.41) is 2.89. The van der Waals surface area contributed by atoms with Crippen molar-refractivity contribution in [1.29, 1.82) is 0 Å². The van der Waals surface area contributed by atoms with Gasteiger partial charge < -0.3 is 5.32 Å². The van der Waals surface area contributed by atoms with Crippen molar-refractivity contribution in [2.24, 2.45) is 5.92 Å². The Kier molecular flexibility index (Phi) is 5.96. The zero-order chi connectivity index (χ0) is 22.2. The van der Waals surface area contributed by atoms with Crippen molar-refractivity contribution in [2.75, 3.05) is 18.4 Å². The zero-order valence-electron chi connectivity index (χ0n) is 16.9. The highest BCUT2D eigenvalue weighted by molar-refractivity contribution is 7.89. The van der Waals surface area contributed by atoms with E-state index in [-0.39, 0.29) is 34.7 Å². The minimum atomic E-state index is -3.71. The second kappa shape index (κ2) is 8.52. The maximum absolute atomic E-state index is 13.1. The van der Waals surface area contributed by atoms with Gasteiger partial charge in [0.25, 0.3) is 0 Å². The van der Waals surface area contributed by atoms with Crippen LogP contribution >= 0.6 is 11.3 Å². The number of fused-ring (bicyclic) bond motifs is 1. The van der Waals surface area contributed by atoms with E-state index in [0.717, 1.165) is 33.7 Å². The molecule has 0 saturated carbocycles. The fraction of sp³-hybridized carbons (Fsp3) is 0.333. The number of benzene rings is 2. The summed E-state index contributed by atoms with van der Waals surface area (Å²) in [5.74, 6) is -0.971. The van der Waals surface area contributed by atoms with Crippen LogP contribution < -0.4 is 10.2 Å².